The molecule has 4 aromatic rings. The molecule has 1 heterocycles. The molecule has 1 aliphatic heterocycles. The summed E-state index contributed by atoms with van der Waals surface area (Å²) in [4.78, 5) is 27.2. The molecule has 0 spiro atoms. The maximum atomic E-state index is 13.7. The number of fused-ring (bicyclic) bond motifs is 2. The number of nitrogens with one attached hydrogen (secondary N) is 1. The van der Waals surface area contributed by atoms with E-state index in [4.69, 9.17) is 9.47 Å². The Kier molecular flexibility index (Phi) is 6.06. The average Bonchev–Trinajstić information content (AvgIpc) is 2.88. The van der Waals surface area contributed by atoms with Gasteiger partial charge in [0, 0.05) is 22.4 Å². The van der Waals surface area contributed by atoms with E-state index in [-0.39, 0.29) is 0 Å². The molecule has 5 nitrogen and oxygen atoms in total. The number of carbonyl (C=O) groups is 2. The Labute approximate surface area is 204 Å². The third-order valence-electron chi connectivity index (χ3n) is 6.14. The highest BCUT2D eigenvalue weighted by molar-refractivity contribution is 5.97. The van der Waals surface area contributed by atoms with Gasteiger partial charge in [0.25, 0.3) is 5.91 Å². The molecule has 5 rings (SSSR count). The van der Waals surface area contributed by atoms with Crippen molar-refractivity contribution in [2.24, 2.45) is 0 Å². The van der Waals surface area contributed by atoms with Crippen LogP contribution in [-0.2, 0) is 14.3 Å². The maximum absolute atomic E-state index is 13.7. The highest BCUT2D eigenvalue weighted by atomic mass is 16.5. The topological polar surface area (TPSA) is 64.6 Å². The molecule has 1 atom stereocenters. The van der Waals surface area contributed by atoms with Crippen LogP contribution in [0.25, 0.3) is 0 Å². The Morgan fingerprint density at radius 1 is 0.800 bits per heavy atom. The molecule has 0 fully saturated rings. The van der Waals surface area contributed by atoms with Gasteiger partial charge in [-0.15, -0.1) is 0 Å². The highest BCUT2D eigenvalue weighted by Gasteiger charge is 2.36. The van der Waals surface area contributed by atoms with Crippen molar-refractivity contribution in [2.75, 3.05) is 5.32 Å². The van der Waals surface area contributed by atoms with E-state index in [0.29, 0.717) is 33.9 Å². The van der Waals surface area contributed by atoms with E-state index in [1.807, 2.05) is 98.8 Å². The normalized spacial score (nSPS) is 13.1. The summed E-state index contributed by atoms with van der Waals surface area (Å²) in [6.07, 6.45) is -1.12. The van der Waals surface area contributed by atoms with Gasteiger partial charge in [-0.05, 0) is 43.2 Å². The second-order valence-electron chi connectivity index (χ2n) is 8.65. The van der Waals surface area contributed by atoms with Crippen LogP contribution in [0.4, 0.5) is 5.69 Å². The van der Waals surface area contributed by atoms with E-state index in [1.165, 1.54) is 0 Å². The Balaban J connectivity index is 1.50. The van der Waals surface area contributed by atoms with Gasteiger partial charge in [-0.25, -0.2) is 0 Å². The summed E-state index contributed by atoms with van der Waals surface area (Å²) in [5.74, 6) is -0.436. The van der Waals surface area contributed by atoms with Crippen LogP contribution in [0.1, 0.15) is 39.8 Å². The van der Waals surface area contributed by atoms with Crippen LogP contribution in [0.15, 0.2) is 97.1 Å². The van der Waals surface area contributed by atoms with Crippen LogP contribution in [0.5, 0.6) is 11.5 Å². The molecule has 0 saturated heterocycles. The summed E-state index contributed by atoms with van der Waals surface area (Å²) in [6.45, 7) is 3.89. The first-order valence-electron chi connectivity index (χ1n) is 11.5. The van der Waals surface area contributed by atoms with Crippen molar-refractivity contribution in [2.45, 2.75) is 25.9 Å². The smallest absolute Gasteiger partial charge is 0.319 e. The van der Waals surface area contributed by atoms with E-state index < -0.39 is 23.9 Å². The number of benzene rings is 4. The van der Waals surface area contributed by atoms with Crippen molar-refractivity contribution in [3.63, 3.8) is 0 Å². The van der Waals surface area contributed by atoms with E-state index in [2.05, 4.69) is 5.32 Å². The van der Waals surface area contributed by atoms with Gasteiger partial charge in [0.05, 0.1) is 0 Å². The van der Waals surface area contributed by atoms with Crippen LogP contribution in [0.2, 0.25) is 0 Å². The molecule has 0 aromatic heterocycles. The van der Waals surface area contributed by atoms with Crippen LogP contribution in [-0.4, -0.2) is 11.9 Å². The Bertz CT molecular complexity index is 1350. The SMILES string of the molecule is Cc1ccc(C)c(NC(=O)[C@H](OC(=O)C2c3ccccc3Oc3ccccc32)c2ccccc2)c1. The minimum atomic E-state index is -1.12. The van der Waals surface area contributed by atoms with Gasteiger partial charge in [-0.1, -0.05) is 78.9 Å². The number of ether oxygens (including phenoxy) is 2. The molecule has 0 radical (unpaired) electrons. The summed E-state index contributed by atoms with van der Waals surface area (Å²) >= 11 is 0. The van der Waals surface area contributed by atoms with Crippen LogP contribution < -0.4 is 10.1 Å². The predicted molar refractivity (Wildman–Crippen MR) is 135 cm³/mol. The van der Waals surface area contributed by atoms with E-state index in [1.54, 1.807) is 12.1 Å². The van der Waals surface area contributed by atoms with Crippen LogP contribution in [0, 0.1) is 13.8 Å². The third kappa shape index (κ3) is 4.53. The van der Waals surface area contributed by atoms with Gasteiger partial charge >= 0.3 is 5.97 Å². The molecule has 0 unspecified atom stereocenters. The zero-order chi connectivity index (χ0) is 24.4. The van der Waals surface area contributed by atoms with Crippen LogP contribution in [0.3, 0.4) is 0 Å². The van der Waals surface area contributed by atoms with E-state index >= 15 is 0 Å². The molecule has 0 bridgehead atoms. The Morgan fingerprint density at radius 3 is 2.06 bits per heavy atom. The lowest BCUT2D eigenvalue weighted by Gasteiger charge is -2.28. The molecule has 0 aliphatic carbocycles. The molecular weight excluding hydrogens is 438 g/mol. The average molecular weight is 464 g/mol. The van der Waals surface area contributed by atoms with Crippen molar-refractivity contribution in [3.05, 3.63) is 125 Å². The van der Waals surface area contributed by atoms with Crippen molar-refractivity contribution >= 4 is 17.6 Å². The highest BCUT2D eigenvalue weighted by Crippen LogP contribution is 2.45. The summed E-state index contributed by atoms with van der Waals surface area (Å²) in [5.41, 5.74) is 4.64. The number of para-hydroxylation sites is 2. The molecule has 1 aliphatic rings. The van der Waals surface area contributed by atoms with Gasteiger partial charge in [0.15, 0.2) is 0 Å². The Morgan fingerprint density at radius 2 is 1.40 bits per heavy atom. The number of hydrogen-bond acceptors (Lipinski definition) is 4. The maximum Gasteiger partial charge on any atom is 0.319 e. The number of amides is 1. The molecule has 4 aromatic carbocycles. The standard InChI is InChI=1S/C30H25NO4/c1-19-16-17-20(2)24(18-19)31-29(32)28(21-10-4-3-5-11-21)35-30(33)27-22-12-6-8-14-25(22)34-26-15-9-7-13-23(26)27/h3-18,27-28H,1-2H3,(H,31,32)/t28-/m1/s1. The lowest BCUT2D eigenvalue weighted by atomic mass is 9.88. The molecule has 1 amide bonds. The summed E-state index contributed by atoms with van der Waals surface area (Å²) in [7, 11) is 0. The molecule has 174 valence electrons. The second kappa shape index (κ2) is 9.47. The number of rotatable bonds is 5. The van der Waals surface area contributed by atoms with E-state index in [0.717, 1.165) is 11.1 Å². The van der Waals surface area contributed by atoms with Crippen LogP contribution >= 0.6 is 0 Å². The number of aryl methyl sites for hydroxylation is 2. The van der Waals surface area contributed by atoms with Gasteiger partial charge in [-0.3, -0.25) is 9.59 Å². The summed E-state index contributed by atoms with van der Waals surface area (Å²) < 4.78 is 12.0. The number of anilines is 1. The van der Waals surface area contributed by atoms with Gasteiger partial charge < -0.3 is 14.8 Å². The largest absolute Gasteiger partial charge is 0.457 e. The quantitative estimate of drug-likeness (QED) is 0.345. The van der Waals surface area contributed by atoms with Crippen molar-refractivity contribution in [3.8, 4) is 11.5 Å². The van der Waals surface area contributed by atoms with Gasteiger partial charge in [-0.2, -0.15) is 0 Å². The first-order valence-corrected chi connectivity index (χ1v) is 11.5. The first kappa shape index (κ1) is 22.4. The Hall–Kier alpha value is -4.38. The lowest BCUT2D eigenvalue weighted by molar-refractivity contribution is -0.155. The number of carbonyl (C=O) groups excluding carboxylic acids is 2. The predicted octanol–water partition coefficient (Wildman–Crippen LogP) is 6.46. The van der Waals surface area contributed by atoms with Crippen molar-refractivity contribution in [1.29, 1.82) is 0 Å². The lowest BCUT2D eigenvalue weighted by Crippen LogP contribution is -2.29. The molecule has 5 heteroatoms. The van der Waals surface area contributed by atoms with Crippen molar-refractivity contribution < 1.29 is 19.1 Å². The minimum Gasteiger partial charge on any atom is -0.457 e. The molecular formula is C30H25NO4. The van der Waals surface area contributed by atoms with Gasteiger partial charge in [0.1, 0.15) is 17.4 Å². The second-order valence-corrected chi connectivity index (χ2v) is 8.65. The molecule has 0 saturated carbocycles. The minimum absolute atomic E-state index is 0.410. The molecule has 1 N–H and O–H groups in total. The molecule has 35 heavy (non-hydrogen) atoms. The van der Waals surface area contributed by atoms with Crippen molar-refractivity contribution in [1.82, 2.24) is 0 Å². The monoisotopic (exact) mass is 463 g/mol. The summed E-state index contributed by atoms with van der Waals surface area (Å²) in [6, 6.07) is 29.7. The zero-order valence-electron chi connectivity index (χ0n) is 19.5. The summed E-state index contributed by atoms with van der Waals surface area (Å²) in [5, 5.41) is 2.96. The van der Waals surface area contributed by atoms with Gasteiger partial charge in [0.2, 0.25) is 6.10 Å². The fourth-order valence-electron chi connectivity index (χ4n) is 4.32. The van der Waals surface area contributed by atoms with E-state index in [9.17, 15) is 9.59 Å². The fourth-order valence-corrected chi connectivity index (χ4v) is 4.32. The first-order chi connectivity index (χ1) is 17.0. The zero-order valence-corrected chi connectivity index (χ0v) is 19.5. The number of esters is 1. The third-order valence-corrected chi connectivity index (χ3v) is 6.14. The fraction of sp³-hybridized carbons (Fsp3) is 0.133. The number of hydrogen-bond donors (Lipinski definition) is 1.